The number of hydrogen-bond donors (Lipinski definition) is 2. The van der Waals surface area contributed by atoms with Crippen molar-refractivity contribution >= 4 is 5.95 Å². The van der Waals surface area contributed by atoms with Crippen LogP contribution in [0, 0.1) is 5.92 Å². The molecule has 0 bridgehead atoms. The topological polar surface area (TPSA) is 73.5 Å². The monoisotopic (exact) mass is 387 g/mol. The van der Waals surface area contributed by atoms with Crippen LogP contribution >= 0.6 is 0 Å². The van der Waals surface area contributed by atoms with Gasteiger partial charge < -0.3 is 19.9 Å². The number of hydrogen-bond acceptors (Lipinski definition) is 6. The van der Waals surface area contributed by atoms with Crippen molar-refractivity contribution in [1.82, 2.24) is 20.2 Å². The molecule has 0 amide bonds. The number of aromatic amines is 1. The Morgan fingerprint density at radius 1 is 1.14 bits per heavy atom. The molecule has 5 rings (SSSR count). The summed E-state index contributed by atoms with van der Waals surface area (Å²) >= 11 is 0. The molecule has 154 valence electrons. The van der Waals surface area contributed by atoms with E-state index in [9.17, 15) is 4.79 Å². The van der Waals surface area contributed by atoms with Gasteiger partial charge in [-0.15, -0.1) is 0 Å². The van der Waals surface area contributed by atoms with Gasteiger partial charge in [0.05, 0.1) is 18.9 Å². The zero-order chi connectivity index (χ0) is 19.0. The Hall–Kier alpha value is -1.44. The van der Waals surface area contributed by atoms with Crippen molar-refractivity contribution in [3.05, 3.63) is 21.6 Å². The Morgan fingerprint density at radius 2 is 1.96 bits per heavy atom. The maximum atomic E-state index is 12.8. The first-order valence-corrected chi connectivity index (χ1v) is 11.1. The number of nitrogens with zero attached hydrogens (tertiary/aromatic N) is 3. The van der Waals surface area contributed by atoms with Gasteiger partial charge in [-0.3, -0.25) is 9.78 Å². The SMILES string of the molecule is O=c1[nH]c(N2CCOCC2)nc2c1CCC21CCN(CC2CCCNC2)CC1. The van der Waals surface area contributed by atoms with E-state index in [1.807, 2.05) is 0 Å². The number of likely N-dealkylation sites (tertiary alicyclic amines) is 1. The molecule has 0 radical (unpaired) electrons. The average molecular weight is 388 g/mol. The number of H-pyrrole nitrogens is 1. The van der Waals surface area contributed by atoms with Crippen LogP contribution in [0.25, 0.3) is 0 Å². The van der Waals surface area contributed by atoms with E-state index in [2.05, 4.69) is 20.1 Å². The lowest BCUT2D eigenvalue weighted by molar-refractivity contribution is 0.121. The molecule has 2 N–H and O–H groups in total. The summed E-state index contributed by atoms with van der Waals surface area (Å²) in [6.07, 6.45) is 6.92. The van der Waals surface area contributed by atoms with Gasteiger partial charge in [-0.1, -0.05) is 0 Å². The Balaban J connectivity index is 1.31. The highest BCUT2D eigenvalue weighted by Crippen LogP contribution is 2.44. The summed E-state index contributed by atoms with van der Waals surface area (Å²) in [5.41, 5.74) is 2.25. The average Bonchev–Trinajstić information content (AvgIpc) is 3.10. The quantitative estimate of drug-likeness (QED) is 0.802. The molecule has 1 atom stereocenters. The molecular weight excluding hydrogens is 354 g/mol. The van der Waals surface area contributed by atoms with E-state index in [0.717, 1.165) is 75.0 Å². The molecule has 4 heterocycles. The van der Waals surface area contributed by atoms with Crippen molar-refractivity contribution in [3.8, 4) is 0 Å². The van der Waals surface area contributed by atoms with Crippen LogP contribution in [0.5, 0.6) is 0 Å². The lowest BCUT2D eigenvalue weighted by Gasteiger charge is -2.41. The molecule has 3 fully saturated rings. The highest BCUT2D eigenvalue weighted by molar-refractivity contribution is 5.40. The van der Waals surface area contributed by atoms with Gasteiger partial charge in [0.1, 0.15) is 0 Å². The van der Waals surface area contributed by atoms with Gasteiger partial charge in [-0.25, -0.2) is 4.98 Å². The van der Waals surface area contributed by atoms with Gasteiger partial charge in [0.25, 0.3) is 5.56 Å². The van der Waals surface area contributed by atoms with Crippen LogP contribution in [0.2, 0.25) is 0 Å². The summed E-state index contributed by atoms with van der Waals surface area (Å²) in [4.78, 5) is 25.7. The van der Waals surface area contributed by atoms with E-state index in [0.29, 0.717) is 13.2 Å². The number of fused-ring (bicyclic) bond motifs is 2. The first-order chi connectivity index (χ1) is 13.7. The third-order valence-corrected chi connectivity index (χ3v) is 7.40. The summed E-state index contributed by atoms with van der Waals surface area (Å²) < 4.78 is 5.46. The molecule has 7 nitrogen and oxygen atoms in total. The molecule has 28 heavy (non-hydrogen) atoms. The summed E-state index contributed by atoms with van der Waals surface area (Å²) in [6, 6.07) is 0. The van der Waals surface area contributed by atoms with Gasteiger partial charge in [0.15, 0.2) is 0 Å². The fourth-order valence-electron chi connectivity index (χ4n) is 5.66. The smallest absolute Gasteiger partial charge is 0.255 e. The maximum Gasteiger partial charge on any atom is 0.255 e. The standard InChI is InChI=1S/C21H33N5O2/c27-19-17-3-4-21(18(17)23-20(24-19)26-10-12-28-13-11-26)5-8-25(9-6-21)15-16-2-1-7-22-14-16/h16,22H,1-15H2,(H,23,24,27). The number of morpholine rings is 1. The van der Waals surface area contributed by atoms with Crippen molar-refractivity contribution in [3.63, 3.8) is 0 Å². The van der Waals surface area contributed by atoms with Crippen molar-refractivity contribution in [2.45, 2.75) is 43.9 Å². The lowest BCUT2D eigenvalue weighted by atomic mass is 9.76. The Bertz CT molecular complexity index is 744. The van der Waals surface area contributed by atoms with E-state index in [4.69, 9.17) is 9.72 Å². The van der Waals surface area contributed by atoms with Crippen LogP contribution in [0.3, 0.4) is 0 Å². The van der Waals surface area contributed by atoms with E-state index in [-0.39, 0.29) is 11.0 Å². The van der Waals surface area contributed by atoms with Crippen LogP contribution < -0.4 is 15.8 Å². The largest absolute Gasteiger partial charge is 0.378 e. The fourth-order valence-corrected chi connectivity index (χ4v) is 5.66. The lowest BCUT2D eigenvalue weighted by Crippen LogP contribution is -2.46. The van der Waals surface area contributed by atoms with E-state index in [1.165, 1.54) is 32.5 Å². The Labute approximate surface area is 166 Å². The second kappa shape index (κ2) is 7.76. The van der Waals surface area contributed by atoms with Gasteiger partial charge in [0, 0.05) is 30.6 Å². The Morgan fingerprint density at radius 3 is 2.71 bits per heavy atom. The van der Waals surface area contributed by atoms with Crippen molar-refractivity contribution in [1.29, 1.82) is 0 Å². The normalized spacial score (nSPS) is 27.9. The van der Waals surface area contributed by atoms with Crippen LogP contribution in [-0.2, 0) is 16.6 Å². The summed E-state index contributed by atoms with van der Waals surface area (Å²) in [7, 11) is 0. The molecular formula is C21H33N5O2. The molecule has 1 aromatic rings. The molecule has 1 aromatic heterocycles. The molecule has 1 spiro atoms. The van der Waals surface area contributed by atoms with Crippen LogP contribution in [-0.4, -0.2) is 73.9 Å². The summed E-state index contributed by atoms with van der Waals surface area (Å²) in [6.45, 7) is 8.86. The third kappa shape index (κ3) is 3.48. The number of rotatable bonds is 3. The zero-order valence-corrected chi connectivity index (χ0v) is 16.8. The highest BCUT2D eigenvalue weighted by Gasteiger charge is 2.44. The van der Waals surface area contributed by atoms with Crippen LogP contribution in [0.1, 0.15) is 43.4 Å². The van der Waals surface area contributed by atoms with Crippen molar-refractivity contribution in [2.24, 2.45) is 5.92 Å². The van der Waals surface area contributed by atoms with E-state index < -0.39 is 0 Å². The predicted octanol–water partition coefficient (Wildman–Crippen LogP) is 0.886. The van der Waals surface area contributed by atoms with Gasteiger partial charge >= 0.3 is 0 Å². The van der Waals surface area contributed by atoms with Crippen LogP contribution in [0.15, 0.2) is 4.79 Å². The predicted molar refractivity (Wildman–Crippen MR) is 109 cm³/mol. The Kier molecular flexibility index (Phi) is 5.15. The minimum atomic E-state index is 0.0825. The van der Waals surface area contributed by atoms with Gasteiger partial charge in [0.2, 0.25) is 5.95 Å². The minimum absolute atomic E-state index is 0.0825. The van der Waals surface area contributed by atoms with E-state index in [1.54, 1.807) is 0 Å². The number of aromatic nitrogens is 2. The number of nitrogens with one attached hydrogen (secondary N) is 2. The second-order valence-electron chi connectivity index (χ2n) is 9.11. The third-order valence-electron chi connectivity index (χ3n) is 7.40. The molecule has 3 saturated heterocycles. The number of anilines is 1. The first kappa shape index (κ1) is 18.6. The molecule has 1 aliphatic carbocycles. The summed E-state index contributed by atoms with van der Waals surface area (Å²) in [5.74, 6) is 1.55. The molecule has 0 saturated carbocycles. The second-order valence-corrected chi connectivity index (χ2v) is 9.11. The van der Waals surface area contributed by atoms with Crippen molar-refractivity contribution in [2.75, 3.05) is 63.9 Å². The molecule has 7 heteroatoms. The maximum absolute atomic E-state index is 12.8. The number of ether oxygens (including phenoxy) is 1. The molecule has 1 unspecified atom stereocenters. The molecule has 3 aliphatic heterocycles. The van der Waals surface area contributed by atoms with Crippen LogP contribution in [0.4, 0.5) is 5.95 Å². The number of piperidine rings is 2. The van der Waals surface area contributed by atoms with Gasteiger partial charge in [-0.2, -0.15) is 0 Å². The fraction of sp³-hybridized carbons (Fsp3) is 0.810. The molecule has 4 aliphatic rings. The summed E-state index contributed by atoms with van der Waals surface area (Å²) in [5, 5.41) is 3.54. The zero-order valence-electron chi connectivity index (χ0n) is 16.8. The minimum Gasteiger partial charge on any atom is -0.378 e. The first-order valence-electron chi connectivity index (χ1n) is 11.1. The highest BCUT2D eigenvalue weighted by atomic mass is 16.5. The van der Waals surface area contributed by atoms with Crippen molar-refractivity contribution < 1.29 is 4.74 Å². The van der Waals surface area contributed by atoms with Gasteiger partial charge in [-0.05, 0) is 70.6 Å². The molecule has 0 aromatic carbocycles. The van der Waals surface area contributed by atoms with E-state index >= 15 is 0 Å².